The summed E-state index contributed by atoms with van der Waals surface area (Å²) in [6.45, 7) is 3.56. The van der Waals surface area contributed by atoms with Crippen molar-refractivity contribution in [2.45, 2.75) is 31.1 Å². The number of nitrogens with zero attached hydrogens (tertiary/aromatic N) is 1. The summed E-state index contributed by atoms with van der Waals surface area (Å²) in [5, 5.41) is 0. The quantitative estimate of drug-likeness (QED) is 0.667. The fourth-order valence-corrected chi connectivity index (χ4v) is 5.26. The second-order valence-corrected chi connectivity index (χ2v) is 8.93. The van der Waals surface area contributed by atoms with E-state index >= 15 is 0 Å². The SMILES string of the molecule is CC1CCCN(S(=O)(=O)CCSc2ccc(N)cc2)CC1. The van der Waals surface area contributed by atoms with E-state index in [4.69, 9.17) is 5.73 Å². The average Bonchev–Trinajstić information content (AvgIpc) is 2.66. The molecule has 1 aromatic carbocycles. The lowest BCUT2D eigenvalue weighted by atomic mass is 10.0. The summed E-state index contributed by atoms with van der Waals surface area (Å²) in [6.07, 6.45) is 3.09. The third-order valence-electron chi connectivity index (χ3n) is 3.86. The van der Waals surface area contributed by atoms with Crippen LogP contribution in [0.15, 0.2) is 29.2 Å². The number of sulfonamides is 1. The van der Waals surface area contributed by atoms with Gasteiger partial charge in [0.05, 0.1) is 5.75 Å². The van der Waals surface area contributed by atoms with Crippen LogP contribution in [0.5, 0.6) is 0 Å². The lowest BCUT2D eigenvalue weighted by molar-refractivity contribution is 0.418. The van der Waals surface area contributed by atoms with Crippen molar-refractivity contribution < 1.29 is 8.42 Å². The fourth-order valence-electron chi connectivity index (χ4n) is 2.47. The largest absolute Gasteiger partial charge is 0.399 e. The molecule has 0 aliphatic carbocycles. The predicted molar refractivity (Wildman–Crippen MR) is 90.0 cm³/mol. The molecule has 2 rings (SSSR count). The Morgan fingerprint density at radius 2 is 1.95 bits per heavy atom. The van der Waals surface area contributed by atoms with E-state index < -0.39 is 10.0 Å². The maximum Gasteiger partial charge on any atom is 0.214 e. The maximum absolute atomic E-state index is 12.4. The second kappa shape index (κ2) is 7.51. The van der Waals surface area contributed by atoms with E-state index in [1.54, 1.807) is 16.1 Å². The third-order valence-corrected chi connectivity index (χ3v) is 7.00. The Hall–Kier alpha value is -0.720. The van der Waals surface area contributed by atoms with E-state index in [1.165, 1.54) is 0 Å². The van der Waals surface area contributed by atoms with Crippen molar-refractivity contribution in [3.05, 3.63) is 24.3 Å². The van der Waals surface area contributed by atoms with Gasteiger partial charge in [-0.2, -0.15) is 0 Å². The Bertz CT molecular complexity index is 543. The smallest absolute Gasteiger partial charge is 0.214 e. The molecule has 21 heavy (non-hydrogen) atoms. The van der Waals surface area contributed by atoms with Gasteiger partial charge in [0.25, 0.3) is 0 Å². The Labute approximate surface area is 132 Å². The summed E-state index contributed by atoms with van der Waals surface area (Å²) in [7, 11) is -3.12. The van der Waals surface area contributed by atoms with Gasteiger partial charge in [0.15, 0.2) is 0 Å². The van der Waals surface area contributed by atoms with Gasteiger partial charge in [-0.1, -0.05) is 6.92 Å². The first-order valence-electron chi connectivity index (χ1n) is 7.43. The van der Waals surface area contributed by atoms with Crippen LogP contribution >= 0.6 is 11.8 Å². The van der Waals surface area contributed by atoms with Crippen LogP contribution in [0.2, 0.25) is 0 Å². The molecule has 1 aliphatic rings. The predicted octanol–water partition coefficient (Wildman–Crippen LogP) is 2.81. The van der Waals surface area contributed by atoms with Crippen molar-refractivity contribution in [1.82, 2.24) is 4.31 Å². The van der Waals surface area contributed by atoms with E-state index in [0.29, 0.717) is 24.8 Å². The normalized spacial score (nSPS) is 21.1. The monoisotopic (exact) mass is 328 g/mol. The van der Waals surface area contributed by atoms with Crippen LogP contribution in [0.3, 0.4) is 0 Å². The summed E-state index contributed by atoms with van der Waals surface area (Å²) in [5.74, 6) is 1.42. The molecular formula is C15H24N2O2S2. The van der Waals surface area contributed by atoms with Crippen LogP contribution in [0.4, 0.5) is 5.69 Å². The summed E-state index contributed by atoms with van der Waals surface area (Å²) < 4.78 is 26.4. The highest BCUT2D eigenvalue weighted by Gasteiger charge is 2.24. The van der Waals surface area contributed by atoms with Crippen LogP contribution in [0.25, 0.3) is 0 Å². The van der Waals surface area contributed by atoms with Gasteiger partial charge in [-0.15, -0.1) is 11.8 Å². The highest BCUT2D eigenvalue weighted by Crippen LogP contribution is 2.22. The number of benzene rings is 1. The lowest BCUT2D eigenvalue weighted by Gasteiger charge is -2.19. The zero-order valence-electron chi connectivity index (χ0n) is 12.5. The van der Waals surface area contributed by atoms with Crippen LogP contribution in [0.1, 0.15) is 26.2 Å². The van der Waals surface area contributed by atoms with E-state index in [0.717, 1.165) is 29.8 Å². The molecule has 1 aromatic rings. The van der Waals surface area contributed by atoms with Gasteiger partial charge in [-0.05, 0) is 49.4 Å². The zero-order chi connectivity index (χ0) is 15.3. The number of hydrogen-bond donors (Lipinski definition) is 1. The minimum atomic E-state index is -3.12. The molecule has 1 fully saturated rings. The summed E-state index contributed by atoms with van der Waals surface area (Å²) in [6, 6.07) is 7.54. The number of nitrogen functional groups attached to an aromatic ring is 1. The Kier molecular flexibility index (Phi) is 5.96. The number of thioether (sulfide) groups is 1. The van der Waals surface area contributed by atoms with Gasteiger partial charge < -0.3 is 5.73 Å². The first kappa shape index (κ1) is 16.6. The van der Waals surface area contributed by atoms with Crippen molar-refractivity contribution in [2.24, 2.45) is 5.92 Å². The molecular weight excluding hydrogens is 304 g/mol. The minimum absolute atomic E-state index is 0.205. The highest BCUT2D eigenvalue weighted by molar-refractivity contribution is 8.00. The minimum Gasteiger partial charge on any atom is -0.399 e. The molecule has 0 bridgehead atoms. The first-order valence-corrected chi connectivity index (χ1v) is 10.0. The van der Waals surface area contributed by atoms with E-state index in [1.807, 2.05) is 24.3 Å². The first-order chi connectivity index (χ1) is 9.97. The van der Waals surface area contributed by atoms with E-state index in [-0.39, 0.29) is 5.75 Å². The van der Waals surface area contributed by atoms with Gasteiger partial charge in [0, 0.05) is 29.4 Å². The van der Waals surface area contributed by atoms with E-state index in [9.17, 15) is 8.42 Å². The molecule has 1 atom stereocenters. The van der Waals surface area contributed by atoms with Crippen molar-refractivity contribution in [3.63, 3.8) is 0 Å². The Morgan fingerprint density at radius 1 is 1.24 bits per heavy atom. The van der Waals surface area contributed by atoms with Gasteiger partial charge in [0.1, 0.15) is 0 Å². The van der Waals surface area contributed by atoms with Crippen LogP contribution < -0.4 is 5.73 Å². The maximum atomic E-state index is 12.4. The number of anilines is 1. The zero-order valence-corrected chi connectivity index (χ0v) is 14.1. The molecule has 2 N–H and O–H groups in total. The van der Waals surface area contributed by atoms with Crippen LogP contribution in [0, 0.1) is 5.92 Å². The standard InChI is InChI=1S/C15H24N2O2S2/c1-13-3-2-9-17(10-8-13)21(18,19)12-11-20-15-6-4-14(16)5-7-15/h4-7,13H,2-3,8-12,16H2,1H3. The summed E-state index contributed by atoms with van der Waals surface area (Å²) >= 11 is 1.56. The van der Waals surface area contributed by atoms with Crippen molar-refractivity contribution >= 4 is 27.5 Å². The Balaban J connectivity index is 1.84. The van der Waals surface area contributed by atoms with Crippen molar-refractivity contribution in [2.75, 3.05) is 30.3 Å². The van der Waals surface area contributed by atoms with Crippen LogP contribution in [-0.4, -0.2) is 37.3 Å². The molecule has 6 heteroatoms. The summed E-state index contributed by atoms with van der Waals surface area (Å²) in [5.41, 5.74) is 6.36. The molecule has 0 saturated carbocycles. The van der Waals surface area contributed by atoms with Gasteiger partial charge in [0.2, 0.25) is 10.0 Å². The van der Waals surface area contributed by atoms with Crippen molar-refractivity contribution in [1.29, 1.82) is 0 Å². The highest BCUT2D eigenvalue weighted by atomic mass is 32.2. The summed E-state index contributed by atoms with van der Waals surface area (Å²) in [4.78, 5) is 1.06. The molecule has 1 heterocycles. The second-order valence-electron chi connectivity index (χ2n) is 5.67. The molecule has 0 spiro atoms. The third kappa shape index (κ3) is 5.20. The van der Waals surface area contributed by atoms with E-state index in [2.05, 4.69) is 6.92 Å². The number of hydrogen-bond acceptors (Lipinski definition) is 4. The van der Waals surface area contributed by atoms with Crippen molar-refractivity contribution in [3.8, 4) is 0 Å². The van der Waals surface area contributed by atoms with Gasteiger partial charge in [-0.3, -0.25) is 0 Å². The number of nitrogens with two attached hydrogens (primary N) is 1. The molecule has 1 unspecified atom stereocenters. The lowest BCUT2D eigenvalue weighted by Crippen LogP contribution is -2.34. The topological polar surface area (TPSA) is 63.4 Å². The van der Waals surface area contributed by atoms with Gasteiger partial charge in [-0.25, -0.2) is 12.7 Å². The average molecular weight is 329 g/mol. The molecule has 0 amide bonds. The molecule has 0 radical (unpaired) electrons. The van der Waals surface area contributed by atoms with Crippen LogP contribution in [-0.2, 0) is 10.0 Å². The number of rotatable bonds is 5. The molecule has 1 saturated heterocycles. The molecule has 0 aromatic heterocycles. The molecule has 4 nitrogen and oxygen atoms in total. The Morgan fingerprint density at radius 3 is 2.67 bits per heavy atom. The fraction of sp³-hybridized carbons (Fsp3) is 0.600. The molecule has 118 valence electrons. The van der Waals surface area contributed by atoms with Gasteiger partial charge >= 0.3 is 0 Å². The molecule has 1 aliphatic heterocycles.